The highest BCUT2D eigenvalue weighted by atomic mass is 16.3. The van der Waals surface area contributed by atoms with Crippen LogP contribution in [0.4, 0.5) is 0 Å². The lowest BCUT2D eigenvalue weighted by molar-refractivity contribution is 0.668. The largest absolute Gasteiger partial charge is 0.456 e. The molecule has 10 aromatic carbocycles. The number of furan rings is 2. The fourth-order valence-electron chi connectivity index (χ4n) is 9.82. The predicted molar refractivity (Wildman–Crippen MR) is 258 cm³/mol. The molecule has 6 nitrogen and oxygen atoms in total. The molecule has 0 bridgehead atoms. The molecule has 4 heterocycles. The Labute approximate surface area is 358 Å². The first-order valence-corrected chi connectivity index (χ1v) is 21.2. The molecule has 0 atom stereocenters. The Bertz CT molecular complexity index is 4230. The van der Waals surface area contributed by atoms with Crippen molar-refractivity contribution < 1.29 is 8.83 Å². The molecule has 0 N–H and O–H groups in total. The first kappa shape index (κ1) is 34.1. The summed E-state index contributed by atoms with van der Waals surface area (Å²) in [6.07, 6.45) is 0. The summed E-state index contributed by atoms with van der Waals surface area (Å²) < 4.78 is 15.5. The van der Waals surface area contributed by atoms with Crippen molar-refractivity contribution in [3.8, 4) is 39.9 Å². The molecule has 0 aliphatic rings. The molecule has 0 aliphatic carbocycles. The quantitative estimate of drug-likeness (QED) is 0.177. The van der Waals surface area contributed by atoms with E-state index < -0.39 is 0 Å². The highest BCUT2D eigenvalue weighted by Crippen LogP contribution is 2.43. The number of fused-ring (bicyclic) bond motifs is 13. The van der Waals surface area contributed by atoms with Gasteiger partial charge in [-0.2, -0.15) is 0 Å². The molecule has 0 saturated carbocycles. The van der Waals surface area contributed by atoms with E-state index in [9.17, 15) is 0 Å². The Morgan fingerprint density at radius 1 is 0.302 bits per heavy atom. The molecule has 4 aromatic heterocycles. The van der Waals surface area contributed by atoms with E-state index in [0.717, 1.165) is 98.8 Å². The minimum atomic E-state index is 0.561. The molecule has 0 unspecified atom stereocenters. The van der Waals surface area contributed by atoms with Gasteiger partial charge in [-0.25, -0.2) is 15.0 Å². The average Bonchev–Trinajstić information content (AvgIpc) is 4.01. The second kappa shape index (κ2) is 12.9. The zero-order chi connectivity index (χ0) is 41.2. The summed E-state index contributed by atoms with van der Waals surface area (Å²) in [5.41, 5.74) is 9.25. The monoisotopic (exact) mass is 804 g/mol. The summed E-state index contributed by atoms with van der Waals surface area (Å²) in [7, 11) is 0. The third-order valence-electron chi connectivity index (χ3n) is 12.8. The van der Waals surface area contributed by atoms with Crippen LogP contribution in [0.15, 0.2) is 203 Å². The topological polar surface area (TPSA) is 69.9 Å². The number of para-hydroxylation sites is 2. The van der Waals surface area contributed by atoms with E-state index in [-0.39, 0.29) is 0 Å². The first-order chi connectivity index (χ1) is 31.2. The van der Waals surface area contributed by atoms with E-state index in [1.807, 2.05) is 30.3 Å². The van der Waals surface area contributed by atoms with Gasteiger partial charge in [-0.05, 0) is 87.6 Å². The molecule has 0 radical (unpaired) electrons. The number of benzene rings is 10. The van der Waals surface area contributed by atoms with Gasteiger partial charge < -0.3 is 13.4 Å². The van der Waals surface area contributed by atoms with Crippen molar-refractivity contribution in [2.45, 2.75) is 0 Å². The molecule has 63 heavy (non-hydrogen) atoms. The van der Waals surface area contributed by atoms with Gasteiger partial charge in [-0.3, -0.25) is 0 Å². The van der Waals surface area contributed by atoms with Crippen molar-refractivity contribution in [1.29, 1.82) is 0 Å². The maximum atomic E-state index is 6.92. The van der Waals surface area contributed by atoms with Gasteiger partial charge in [0.25, 0.3) is 0 Å². The summed E-state index contributed by atoms with van der Waals surface area (Å²) >= 11 is 0. The van der Waals surface area contributed by atoms with Crippen LogP contribution in [0, 0.1) is 0 Å². The molecule has 0 spiro atoms. The smallest absolute Gasteiger partial charge is 0.164 e. The van der Waals surface area contributed by atoms with Crippen molar-refractivity contribution in [2.75, 3.05) is 0 Å². The SMILES string of the molecule is c1ccc2cc(-c3nc(-c4ccc5c(c4)oc4cc(-n6c7ccccc7c7cc8ccccc8cc76)c6ccccc6c45)nc(-c4ccc5oc6ccccc6c5c4)n3)ccc2c1. The van der Waals surface area contributed by atoms with Gasteiger partial charge in [0.1, 0.15) is 22.3 Å². The van der Waals surface area contributed by atoms with Gasteiger partial charge >= 0.3 is 0 Å². The third kappa shape index (κ3) is 5.15. The Morgan fingerprint density at radius 3 is 1.68 bits per heavy atom. The second-order valence-electron chi connectivity index (χ2n) is 16.4. The van der Waals surface area contributed by atoms with Gasteiger partial charge in [0.05, 0.1) is 16.7 Å². The van der Waals surface area contributed by atoms with Crippen molar-refractivity contribution in [1.82, 2.24) is 19.5 Å². The maximum absolute atomic E-state index is 6.92. The molecule has 292 valence electrons. The van der Waals surface area contributed by atoms with Crippen LogP contribution in [0.5, 0.6) is 0 Å². The fraction of sp³-hybridized carbons (Fsp3) is 0. The van der Waals surface area contributed by atoms with Crippen LogP contribution in [-0.4, -0.2) is 19.5 Å². The molecular weight excluding hydrogens is 773 g/mol. The zero-order valence-corrected chi connectivity index (χ0v) is 33.6. The Balaban J connectivity index is 0.976. The van der Waals surface area contributed by atoms with Gasteiger partial charge in [0.2, 0.25) is 0 Å². The third-order valence-corrected chi connectivity index (χ3v) is 12.8. The van der Waals surface area contributed by atoms with E-state index in [2.05, 4.69) is 168 Å². The molecule has 14 rings (SSSR count). The standard InChI is InChI=1S/C57H32N4O2/c1-2-12-34-27-37(22-21-33(34)11-1)55-58-56(38-24-26-51-46(29-38)42-17-8-10-20-50(42)62-51)60-57(59-55)39-23-25-44-52(31-39)63-53-32-49(40-15-5-6-18-43(40)54(44)53)61-47-19-9-7-16-41(47)45-28-35-13-3-4-14-36(35)30-48(45)61/h1-32H. The first-order valence-electron chi connectivity index (χ1n) is 21.2. The van der Waals surface area contributed by atoms with E-state index in [0.29, 0.717) is 17.5 Å². The second-order valence-corrected chi connectivity index (χ2v) is 16.4. The van der Waals surface area contributed by atoms with Gasteiger partial charge in [-0.1, -0.05) is 127 Å². The van der Waals surface area contributed by atoms with Crippen molar-refractivity contribution in [3.05, 3.63) is 194 Å². The van der Waals surface area contributed by atoms with Gasteiger partial charge in [0.15, 0.2) is 17.5 Å². The summed E-state index contributed by atoms with van der Waals surface area (Å²) in [6, 6.07) is 68.1. The average molecular weight is 805 g/mol. The summed E-state index contributed by atoms with van der Waals surface area (Å²) in [6.45, 7) is 0. The van der Waals surface area contributed by atoms with E-state index in [1.54, 1.807) is 0 Å². The lowest BCUT2D eigenvalue weighted by Gasteiger charge is -2.13. The van der Waals surface area contributed by atoms with Gasteiger partial charge in [0, 0.05) is 60.5 Å². The van der Waals surface area contributed by atoms with E-state index >= 15 is 0 Å². The van der Waals surface area contributed by atoms with Crippen LogP contribution >= 0.6 is 0 Å². The number of hydrogen-bond acceptors (Lipinski definition) is 5. The molecule has 6 heteroatoms. The minimum Gasteiger partial charge on any atom is -0.456 e. The number of hydrogen-bond donors (Lipinski definition) is 0. The Hall–Kier alpha value is -8.61. The molecule has 0 amide bonds. The van der Waals surface area contributed by atoms with E-state index in [1.165, 1.54) is 21.5 Å². The molecule has 0 aliphatic heterocycles. The van der Waals surface area contributed by atoms with Crippen LogP contribution in [0.1, 0.15) is 0 Å². The summed E-state index contributed by atoms with van der Waals surface area (Å²) in [5.74, 6) is 1.73. The number of rotatable bonds is 4. The number of nitrogens with zero attached hydrogens (tertiary/aromatic N) is 4. The Kier molecular flexibility index (Phi) is 7.02. The normalized spacial score (nSPS) is 12.1. The lowest BCUT2D eigenvalue weighted by Crippen LogP contribution is -2.00. The summed E-state index contributed by atoms with van der Waals surface area (Å²) in [5, 5.41) is 13.6. The van der Waals surface area contributed by atoms with Crippen molar-refractivity contribution in [3.63, 3.8) is 0 Å². The van der Waals surface area contributed by atoms with Crippen molar-refractivity contribution in [2.24, 2.45) is 0 Å². The maximum Gasteiger partial charge on any atom is 0.164 e. The van der Waals surface area contributed by atoms with E-state index in [4.69, 9.17) is 23.8 Å². The predicted octanol–water partition coefficient (Wildman–Crippen LogP) is 15.2. The minimum absolute atomic E-state index is 0.561. The van der Waals surface area contributed by atoms with Crippen LogP contribution in [0.3, 0.4) is 0 Å². The summed E-state index contributed by atoms with van der Waals surface area (Å²) in [4.78, 5) is 15.5. The van der Waals surface area contributed by atoms with Crippen LogP contribution in [0.2, 0.25) is 0 Å². The molecule has 14 aromatic rings. The Morgan fingerprint density at radius 2 is 0.873 bits per heavy atom. The molecular formula is C57H32N4O2. The van der Waals surface area contributed by atoms with Crippen LogP contribution < -0.4 is 0 Å². The van der Waals surface area contributed by atoms with Crippen molar-refractivity contribution >= 4 is 98.0 Å². The highest BCUT2D eigenvalue weighted by Gasteiger charge is 2.21. The fourth-order valence-corrected chi connectivity index (χ4v) is 9.82. The lowest BCUT2D eigenvalue weighted by atomic mass is 10.0. The highest BCUT2D eigenvalue weighted by molar-refractivity contribution is 6.22. The van der Waals surface area contributed by atoms with Crippen LogP contribution in [0.25, 0.3) is 138 Å². The number of aromatic nitrogens is 4. The zero-order valence-electron chi connectivity index (χ0n) is 33.6. The molecule has 0 saturated heterocycles. The van der Waals surface area contributed by atoms with Gasteiger partial charge in [-0.15, -0.1) is 0 Å². The molecule has 0 fully saturated rings. The van der Waals surface area contributed by atoms with Crippen LogP contribution in [-0.2, 0) is 0 Å².